The van der Waals surface area contributed by atoms with E-state index in [2.05, 4.69) is 5.32 Å². The second-order valence-electron chi connectivity index (χ2n) is 5.42. The van der Waals surface area contributed by atoms with E-state index in [0.717, 1.165) is 16.9 Å². The van der Waals surface area contributed by atoms with Gasteiger partial charge in [0.15, 0.2) is 6.54 Å². The maximum Gasteiger partial charge on any atom is 0.317 e. The van der Waals surface area contributed by atoms with Crippen molar-refractivity contribution >= 4 is 17.8 Å². The highest BCUT2D eigenvalue weighted by Gasteiger charge is 2.37. The van der Waals surface area contributed by atoms with Crippen LogP contribution >= 0.6 is 0 Å². The number of anilines is 1. The second kappa shape index (κ2) is 7.57. The van der Waals surface area contributed by atoms with Crippen LogP contribution in [0, 0.1) is 0 Å². The number of hydrogen-bond donors (Lipinski definition) is 2. The molecule has 0 spiro atoms. The molecular formula is C19H20N3O2+. The van der Waals surface area contributed by atoms with Crippen LogP contribution in [-0.2, 0) is 16.1 Å². The molecule has 5 nitrogen and oxygen atoms in total. The van der Waals surface area contributed by atoms with Crippen molar-refractivity contribution in [2.45, 2.75) is 6.61 Å². The molecule has 0 radical (unpaired) electrons. The zero-order valence-electron chi connectivity index (χ0n) is 13.3. The molecule has 0 fully saturated rings. The number of nitrogens with one attached hydrogen (secondary N) is 1. The van der Waals surface area contributed by atoms with E-state index < -0.39 is 0 Å². The Kier molecular flexibility index (Phi) is 5.03. The van der Waals surface area contributed by atoms with Gasteiger partial charge < -0.3 is 15.8 Å². The molecule has 1 amide bonds. The van der Waals surface area contributed by atoms with Gasteiger partial charge in [0, 0.05) is 5.69 Å². The summed E-state index contributed by atoms with van der Waals surface area (Å²) < 4.78 is 7.74. The fourth-order valence-electron chi connectivity index (χ4n) is 2.33. The maximum atomic E-state index is 12.6. The van der Waals surface area contributed by atoms with Crippen molar-refractivity contribution in [2.24, 2.45) is 5.73 Å². The number of nitrogens with zero attached hydrogens (tertiary/aromatic N) is 1. The van der Waals surface area contributed by atoms with Crippen molar-refractivity contribution in [3.05, 3.63) is 77.7 Å². The lowest BCUT2D eigenvalue weighted by molar-refractivity contribution is -0.402. The Morgan fingerprint density at radius 1 is 1.04 bits per heavy atom. The Labute approximate surface area is 141 Å². The van der Waals surface area contributed by atoms with Gasteiger partial charge in [-0.05, 0) is 17.7 Å². The number of hydrogen-bond acceptors (Lipinski definition) is 3. The van der Waals surface area contributed by atoms with Crippen molar-refractivity contribution in [1.82, 2.24) is 0 Å². The van der Waals surface area contributed by atoms with E-state index in [1.165, 1.54) is 0 Å². The van der Waals surface area contributed by atoms with Gasteiger partial charge in [-0.15, -0.1) is 0 Å². The van der Waals surface area contributed by atoms with E-state index in [4.69, 9.17) is 10.5 Å². The lowest BCUT2D eigenvalue weighted by Gasteiger charge is -2.09. The van der Waals surface area contributed by atoms with Crippen molar-refractivity contribution in [2.75, 3.05) is 18.4 Å². The largest absolute Gasteiger partial charge is 0.478 e. The third-order valence-electron chi connectivity index (χ3n) is 3.59. The number of benzene rings is 2. The molecule has 1 heterocycles. The number of ether oxygens (including phenoxy) is 1. The van der Waals surface area contributed by atoms with Gasteiger partial charge in [0.2, 0.25) is 6.21 Å². The van der Waals surface area contributed by atoms with Crippen LogP contribution in [0.15, 0.2) is 72.1 Å². The minimum atomic E-state index is -0.261. The van der Waals surface area contributed by atoms with Crippen LogP contribution in [0.5, 0.6) is 0 Å². The lowest BCUT2D eigenvalue weighted by Crippen LogP contribution is -2.19. The highest BCUT2D eigenvalue weighted by atomic mass is 16.5. The van der Waals surface area contributed by atoms with E-state index in [1.54, 1.807) is 0 Å². The molecule has 3 N–H and O–H groups in total. The number of amides is 1. The number of carbonyl (C=O) groups excluding carboxylic acids is 1. The van der Waals surface area contributed by atoms with Gasteiger partial charge in [-0.1, -0.05) is 48.5 Å². The molecule has 122 valence electrons. The average Bonchev–Trinajstić information content (AvgIpc) is 3.36. The topological polar surface area (TPSA) is 67.4 Å². The van der Waals surface area contributed by atoms with Crippen LogP contribution in [0.25, 0.3) is 0 Å². The normalized spacial score (nSPS) is 14.6. The molecule has 0 unspecified atom stereocenters. The van der Waals surface area contributed by atoms with Gasteiger partial charge >= 0.3 is 5.70 Å². The van der Waals surface area contributed by atoms with E-state index >= 15 is 0 Å². The fraction of sp³-hybridized carbons (Fsp3) is 0.158. The Morgan fingerprint density at radius 3 is 2.38 bits per heavy atom. The van der Waals surface area contributed by atoms with Gasteiger partial charge in [0.25, 0.3) is 11.7 Å². The summed E-state index contributed by atoms with van der Waals surface area (Å²) in [7, 11) is 0. The minimum absolute atomic E-state index is 0.261. The highest BCUT2D eigenvalue weighted by Crippen LogP contribution is 2.19. The summed E-state index contributed by atoms with van der Waals surface area (Å²) >= 11 is 0. The molecule has 2 aromatic carbocycles. The Balaban J connectivity index is 1.72. The molecule has 0 aromatic heterocycles. The molecule has 2 aromatic rings. The average molecular weight is 322 g/mol. The van der Waals surface area contributed by atoms with E-state index in [0.29, 0.717) is 25.5 Å². The summed E-state index contributed by atoms with van der Waals surface area (Å²) in [6.07, 6.45) is 1.87. The number of rotatable bonds is 7. The number of carbonyl (C=O) groups is 1. The summed E-state index contributed by atoms with van der Waals surface area (Å²) in [5.41, 5.74) is 8.09. The zero-order valence-corrected chi connectivity index (χ0v) is 13.3. The molecule has 0 bridgehead atoms. The van der Waals surface area contributed by atoms with Gasteiger partial charge in [0.05, 0.1) is 6.54 Å². The van der Waals surface area contributed by atoms with Crippen LogP contribution in [0.2, 0.25) is 0 Å². The number of para-hydroxylation sites is 1. The van der Waals surface area contributed by atoms with Crippen LogP contribution in [-0.4, -0.2) is 29.8 Å². The summed E-state index contributed by atoms with van der Waals surface area (Å²) in [4.78, 5) is 12.6. The van der Waals surface area contributed by atoms with Crippen LogP contribution in [0.3, 0.4) is 0 Å². The van der Waals surface area contributed by atoms with E-state index in [9.17, 15) is 4.79 Å². The molecule has 0 aliphatic carbocycles. The number of nitrogens with two attached hydrogens (primary N) is 1. The quantitative estimate of drug-likeness (QED) is 0.466. The van der Waals surface area contributed by atoms with Crippen LogP contribution < -0.4 is 11.1 Å². The number of allylic oxidation sites excluding steroid dienone is 1. The predicted octanol–water partition coefficient (Wildman–Crippen LogP) is 2.11. The molecule has 0 atom stereocenters. The van der Waals surface area contributed by atoms with Crippen molar-refractivity contribution < 1.29 is 14.1 Å². The standard InChI is InChI=1S/C19H19N3O2/c20-11-12-22-13-17(22)18(24-14-15-7-3-1-4-8-15)19(23)21-16-9-5-2-6-10-16/h1-10,13H,11-12,14,20H2/p+1/b18-17-. The summed E-state index contributed by atoms with van der Waals surface area (Å²) in [6.45, 7) is 1.53. The summed E-state index contributed by atoms with van der Waals surface area (Å²) in [5, 5.41) is 2.86. The molecule has 24 heavy (non-hydrogen) atoms. The Bertz CT molecular complexity index is 768. The summed E-state index contributed by atoms with van der Waals surface area (Å²) in [6, 6.07) is 19.1. The first-order valence-corrected chi connectivity index (χ1v) is 7.87. The first kappa shape index (κ1) is 16.0. The minimum Gasteiger partial charge on any atom is -0.478 e. The lowest BCUT2D eigenvalue weighted by atomic mass is 10.2. The molecule has 3 rings (SSSR count). The van der Waals surface area contributed by atoms with Gasteiger partial charge in [-0.2, -0.15) is 4.58 Å². The van der Waals surface area contributed by atoms with E-state index in [1.807, 2.05) is 71.5 Å². The van der Waals surface area contributed by atoms with Crippen molar-refractivity contribution in [3.63, 3.8) is 0 Å². The Morgan fingerprint density at radius 2 is 1.71 bits per heavy atom. The second-order valence-corrected chi connectivity index (χ2v) is 5.42. The maximum absolute atomic E-state index is 12.6. The van der Waals surface area contributed by atoms with Crippen LogP contribution in [0.4, 0.5) is 5.69 Å². The van der Waals surface area contributed by atoms with Crippen LogP contribution in [0.1, 0.15) is 5.56 Å². The van der Waals surface area contributed by atoms with Gasteiger partial charge in [-0.3, -0.25) is 4.79 Å². The smallest absolute Gasteiger partial charge is 0.317 e. The van der Waals surface area contributed by atoms with Crippen molar-refractivity contribution in [3.8, 4) is 0 Å². The third kappa shape index (κ3) is 4.08. The summed E-state index contributed by atoms with van der Waals surface area (Å²) in [5.74, 6) is 0.0547. The molecule has 1 aliphatic heterocycles. The predicted molar refractivity (Wildman–Crippen MR) is 93.6 cm³/mol. The first-order chi connectivity index (χ1) is 11.8. The van der Waals surface area contributed by atoms with Gasteiger partial charge in [-0.25, -0.2) is 0 Å². The zero-order chi connectivity index (χ0) is 16.8. The fourth-order valence-corrected chi connectivity index (χ4v) is 2.33. The monoisotopic (exact) mass is 322 g/mol. The first-order valence-electron chi connectivity index (χ1n) is 7.87. The van der Waals surface area contributed by atoms with Gasteiger partial charge in [0.1, 0.15) is 6.61 Å². The SMILES string of the molecule is NCC[N+]1=CC/1=C(/OCc1ccccc1)C(=O)Nc1ccccc1. The molecule has 5 heteroatoms. The van der Waals surface area contributed by atoms with E-state index in [-0.39, 0.29) is 5.91 Å². The molecular weight excluding hydrogens is 302 g/mol. The third-order valence-corrected chi connectivity index (χ3v) is 3.59. The Hall–Kier alpha value is -2.92. The molecule has 0 saturated heterocycles. The molecule has 0 saturated carbocycles. The molecule has 1 aliphatic rings. The van der Waals surface area contributed by atoms with Crippen molar-refractivity contribution in [1.29, 1.82) is 0 Å². The highest BCUT2D eigenvalue weighted by molar-refractivity contribution is 6.06.